The molecule has 2 aromatic heterocycles. The molecule has 0 bridgehead atoms. The standard InChI is InChI=1S/C13H18N4S/c1-16-8-11(7-15-16)12(6-14)17-4-2-13-10(9-17)3-5-18-13/h3,5,7-8,12H,2,4,6,9,14H2,1H3. The Kier molecular flexibility index (Phi) is 3.20. The molecule has 4 nitrogen and oxygen atoms in total. The highest BCUT2D eigenvalue weighted by atomic mass is 32.1. The van der Waals surface area contributed by atoms with Crippen LogP contribution in [0.4, 0.5) is 0 Å². The molecule has 1 unspecified atom stereocenters. The summed E-state index contributed by atoms with van der Waals surface area (Å²) in [5.74, 6) is 0. The van der Waals surface area contributed by atoms with Gasteiger partial charge in [0.15, 0.2) is 0 Å². The highest BCUT2D eigenvalue weighted by Gasteiger charge is 2.25. The van der Waals surface area contributed by atoms with Crippen LogP contribution < -0.4 is 5.73 Å². The molecule has 0 fully saturated rings. The van der Waals surface area contributed by atoms with Gasteiger partial charge in [-0.1, -0.05) is 0 Å². The number of thiophene rings is 1. The van der Waals surface area contributed by atoms with Crippen molar-refractivity contribution in [2.75, 3.05) is 13.1 Å². The van der Waals surface area contributed by atoms with Crippen LogP contribution in [-0.4, -0.2) is 27.8 Å². The van der Waals surface area contributed by atoms with Crippen LogP contribution in [0.5, 0.6) is 0 Å². The number of aryl methyl sites for hydroxylation is 1. The van der Waals surface area contributed by atoms with Crippen molar-refractivity contribution in [2.45, 2.75) is 19.0 Å². The van der Waals surface area contributed by atoms with Gasteiger partial charge >= 0.3 is 0 Å². The lowest BCUT2D eigenvalue weighted by Crippen LogP contribution is -2.37. The lowest BCUT2D eigenvalue weighted by atomic mass is 10.0. The summed E-state index contributed by atoms with van der Waals surface area (Å²) in [4.78, 5) is 4.00. The molecule has 3 rings (SSSR count). The van der Waals surface area contributed by atoms with E-state index in [0.717, 1.165) is 19.5 Å². The number of rotatable bonds is 3. The molecule has 0 spiro atoms. The smallest absolute Gasteiger partial charge is 0.0538 e. The largest absolute Gasteiger partial charge is 0.329 e. The second kappa shape index (κ2) is 4.84. The quantitative estimate of drug-likeness (QED) is 0.912. The van der Waals surface area contributed by atoms with E-state index in [1.54, 1.807) is 0 Å². The molecule has 18 heavy (non-hydrogen) atoms. The third-order valence-electron chi connectivity index (χ3n) is 3.61. The fourth-order valence-corrected chi connectivity index (χ4v) is 3.53. The summed E-state index contributed by atoms with van der Waals surface area (Å²) in [6.45, 7) is 2.74. The Morgan fingerprint density at radius 1 is 1.56 bits per heavy atom. The molecular formula is C13H18N4S. The maximum absolute atomic E-state index is 5.96. The first-order chi connectivity index (χ1) is 8.78. The van der Waals surface area contributed by atoms with E-state index in [0.29, 0.717) is 6.54 Å². The highest BCUT2D eigenvalue weighted by Crippen LogP contribution is 2.29. The number of fused-ring (bicyclic) bond motifs is 1. The topological polar surface area (TPSA) is 47.1 Å². The summed E-state index contributed by atoms with van der Waals surface area (Å²) in [7, 11) is 1.95. The normalized spacial score (nSPS) is 17.7. The number of hydrogen-bond acceptors (Lipinski definition) is 4. The third-order valence-corrected chi connectivity index (χ3v) is 4.63. The van der Waals surface area contributed by atoms with Gasteiger partial charge in [0.25, 0.3) is 0 Å². The van der Waals surface area contributed by atoms with Crippen molar-refractivity contribution in [1.29, 1.82) is 0 Å². The minimum Gasteiger partial charge on any atom is -0.329 e. The zero-order chi connectivity index (χ0) is 12.5. The fourth-order valence-electron chi connectivity index (χ4n) is 2.64. The monoisotopic (exact) mass is 262 g/mol. The molecule has 5 heteroatoms. The van der Waals surface area contributed by atoms with Crippen molar-refractivity contribution < 1.29 is 0 Å². The third kappa shape index (κ3) is 2.09. The van der Waals surface area contributed by atoms with Crippen molar-refractivity contribution in [2.24, 2.45) is 12.8 Å². The predicted molar refractivity (Wildman–Crippen MR) is 73.4 cm³/mol. The van der Waals surface area contributed by atoms with Gasteiger partial charge in [-0.2, -0.15) is 5.10 Å². The van der Waals surface area contributed by atoms with Gasteiger partial charge in [-0.15, -0.1) is 11.3 Å². The van der Waals surface area contributed by atoms with Gasteiger partial charge in [-0.3, -0.25) is 9.58 Å². The minimum atomic E-state index is 0.284. The Labute approximate surface area is 111 Å². The van der Waals surface area contributed by atoms with E-state index in [9.17, 15) is 0 Å². The first-order valence-electron chi connectivity index (χ1n) is 6.26. The van der Waals surface area contributed by atoms with E-state index in [2.05, 4.69) is 27.6 Å². The number of hydrogen-bond donors (Lipinski definition) is 1. The molecule has 2 N–H and O–H groups in total. The number of aromatic nitrogens is 2. The number of nitrogens with two attached hydrogens (primary N) is 1. The minimum absolute atomic E-state index is 0.284. The summed E-state index contributed by atoms with van der Waals surface area (Å²) < 4.78 is 1.85. The van der Waals surface area contributed by atoms with E-state index in [1.807, 2.05) is 29.3 Å². The Morgan fingerprint density at radius 3 is 3.17 bits per heavy atom. The van der Waals surface area contributed by atoms with Crippen molar-refractivity contribution in [3.63, 3.8) is 0 Å². The molecule has 0 radical (unpaired) electrons. The fraction of sp³-hybridized carbons (Fsp3) is 0.462. The molecular weight excluding hydrogens is 244 g/mol. The van der Waals surface area contributed by atoms with E-state index in [4.69, 9.17) is 5.73 Å². The SMILES string of the molecule is Cn1cc(C(CN)N2CCc3sccc3C2)cn1. The van der Waals surface area contributed by atoms with Crippen LogP contribution >= 0.6 is 11.3 Å². The molecule has 1 aliphatic heterocycles. The Balaban J connectivity index is 1.82. The van der Waals surface area contributed by atoms with Crippen LogP contribution in [0.15, 0.2) is 23.8 Å². The summed E-state index contributed by atoms with van der Waals surface area (Å²) in [5, 5.41) is 6.44. The number of nitrogens with zero attached hydrogens (tertiary/aromatic N) is 3. The van der Waals surface area contributed by atoms with Crippen LogP contribution in [-0.2, 0) is 20.0 Å². The molecule has 96 valence electrons. The Bertz CT molecular complexity index is 531. The lowest BCUT2D eigenvalue weighted by molar-refractivity contribution is 0.185. The van der Waals surface area contributed by atoms with Gasteiger partial charge in [0.1, 0.15) is 0 Å². The summed E-state index contributed by atoms with van der Waals surface area (Å²) >= 11 is 1.87. The van der Waals surface area contributed by atoms with E-state index in [-0.39, 0.29) is 6.04 Å². The molecule has 1 aliphatic rings. The molecule has 0 amide bonds. The lowest BCUT2D eigenvalue weighted by Gasteiger charge is -2.33. The van der Waals surface area contributed by atoms with Gasteiger partial charge in [0, 0.05) is 43.3 Å². The zero-order valence-electron chi connectivity index (χ0n) is 10.5. The first-order valence-corrected chi connectivity index (χ1v) is 7.14. The van der Waals surface area contributed by atoms with Crippen LogP contribution in [0.3, 0.4) is 0 Å². The predicted octanol–water partition coefficient (Wildman–Crippen LogP) is 1.54. The molecule has 0 aromatic carbocycles. The average molecular weight is 262 g/mol. The molecule has 0 aliphatic carbocycles. The average Bonchev–Trinajstić information content (AvgIpc) is 2.99. The maximum Gasteiger partial charge on any atom is 0.0538 e. The molecule has 3 heterocycles. The van der Waals surface area contributed by atoms with Crippen LogP contribution in [0.1, 0.15) is 22.0 Å². The van der Waals surface area contributed by atoms with E-state index in [1.165, 1.54) is 16.0 Å². The van der Waals surface area contributed by atoms with Crippen molar-refractivity contribution in [3.05, 3.63) is 39.8 Å². The summed E-state index contributed by atoms with van der Waals surface area (Å²) in [6.07, 6.45) is 5.14. The Hall–Kier alpha value is -1.17. The van der Waals surface area contributed by atoms with Crippen LogP contribution in [0.2, 0.25) is 0 Å². The molecule has 2 aromatic rings. The van der Waals surface area contributed by atoms with Gasteiger partial charge in [0.2, 0.25) is 0 Å². The molecule has 1 atom stereocenters. The maximum atomic E-state index is 5.96. The zero-order valence-corrected chi connectivity index (χ0v) is 11.4. The molecule has 0 saturated carbocycles. The summed E-state index contributed by atoms with van der Waals surface area (Å²) in [6, 6.07) is 2.52. The Morgan fingerprint density at radius 2 is 2.44 bits per heavy atom. The van der Waals surface area contributed by atoms with E-state index >= 15 is 0 Å². The second-order valence-electron chi connectivity index (χ2n) is 4.79. The summed E-state index contributed by atoms with van der Waals surface area (Å²) in [5.41, 5.74) is 8.65. The highest BCUT2D eigenvalue weighted by molar-refractivity contribution is 7.10. The van der Waals surface area contributed by atoms with Crippen molar-refractivity contribution in [3.8, 4) is 0 Å². The second-order valence-corrected chi connectivity index (χ2v) is 5.79. The van der Waals surface area contributed by atoms with Crippen molar-refractivity contribution in [1.82, 2.24) is 14.7 Å². The van der Waals surface area contributed by atoms with Crippen LogP contribution in [0, 0.1) is 0 Å². The molecule has 0 saturated heterocycles. The van der Waals surface area contributed by atoms with Gasteiger partial charge < -0.3 is 5.73 Å². The first kappa shape index (κ1) is 11.9. The van der Waals surface area contributed by atoms with Crippen LogP contribution in [0.25, 0.3) is 0 Å². The van der Waals surface area contributed by atoms with Gasteiger partial charge in [0.05, 0.1) is 12.2 Å². The van der Waals surface area contributed by atoms with Gasteiger partial charge in [-0.05, 0) is 23.4 Å². The van der Waals surface area contributed by atoms with Gasteiger partial charge in [-0.25, -0.2) is 0 Å². The van der Waals surface area contributed by atoms with Crippen molar-refractivity contribution >= 4 is 11.3 Å². The van der Waals surface area contributed by atoms with E-state index < -0.39 is 0 Å².